The number of ether oxygens (including phenoxy) is 1. The van der Waals surface area contributed by atoms with E-state index in [1.54, 1.807) is 18.6 Å². The van der Waals surface area contributed by atoms with E-state index in [9.17, 15) is 0 Å². The van der Waals surface area contributed by atoms with Gasteiger partial charge in [-0.1, -0.05) is 30.3 Å². The minimum Gasteiger partial charge on any atom is -0.485 e. The first kappa shape index (κ1) is 13.1. The Morgan fingerprint density at radius 3 is 2.48 bits per heavy atom. The maximum Gasteiger partial charge on any atom is 0.166 e. The van der Waals surface area contributed by atoms with Gasteiger partial charge in [0, 0.05) is 29.7 Å². The predicted molar refractivity (Wildman–Crippen MR) is 80.4 cm³/mol. The lowest BCUT2D eigenvalue weighted by atomic mass is 10.1. The van der Waals surface area contributed by atoms with Gasteiger partial charge in [-0.3, -0.25) is 0 Å². The third-order valence-electron chi connectivity index (χ3n) is 3.01. The summed E-state index contributed by atoms with van der Waals surface area (Å²) >= 11 is 0. The largest absolute Gasteiger partial charge is 0.485 e. The van der Waals surface area contributed by atoms with Crippen LogP contribution in [0.3, 0.4) is 0 Å². The summed E-state index contributed by atoms with van der Waals surface area (Å²) in [6.07, 6.45) is 6.62. The SMILES string of the molecule is Nc1ncc(-c2cncnc2)cc1OCc1ccccc1. The Morgan fingerprint density at radius 2 is 1.71 bits per heavy atom. The molecule has 5 heteroatoms. The minimum absolute atomic E-state index is 0.367. The first-order valence-electron chi connectivity index (χ1n) is 6.50. The van der Waals surface area contributed by atoms with Gasteiger partial charge >= 0.3 is 0 Å². The van der Waals surface area contributed by atoms with Gasteiger partial charge in [0.2, 0.25) is 0 Å². The highest BCUT2D eigenvalue weighted by Crippen LogP contribution is 2.26. The van der Waals surface area contributed by atoms with Gasteiger partial charge in [0.25, 0.3) is 0 Å². The Balaban J connectivity index is 1.82. The second kappa shape index (κ2) is 6.00. The zero-order chi connectivity index (χ0) is 14.5. The van der Waals surface area contributed by atoms with Crippen molar-refractivity contribution in [3.63, 3.8) is 0 Å². The maximum absolute atomic E-state index is 5.86. The summed E-state index contributed by atoms with van der Waals surface area (Å²) in [7, 11) is 0. The van der Waals surface area contributed by atoms with Gasteiger partial charge in [-0.15, -0.1) is 0 Å². The summed E-state index contributed by atoms with van der Waals surface area (Å²) < 4.78 is 5.76. The van der Waals surface area contributed by atoms with Crippen LogP contribution in [0.4, 0.5) is 5.82 Å². The third-order valence-corrected chi connectivity index (χ3v) is 3.01. The molecule has 3 aromatic rings. The average molecular weight is 278 g/mol. The standard InChI is InChI=1S/C16H14N4O/c17-16-15(21-10-12-4-2-1-3-5-12)6-13(9-20-16)14-7-18-11-19-8-14/h1-9,11H,10H2,(H2,17,20). The van der Waals surface area contributed by atoms with E-state index in [0.29, 0.717) is 18.2 Å². The molecule has 0 unspecified atom stereocenters. The molecular formula is C16H14N4O. The lowest BCUT2D eigenvalue weighted by molar-refractivity contribution is 0.307. The van der Waals surface area contributed by atoms with Crippen molar-refractivity contribution in [3.05, 3.63) is 66.9 Å². The van der Waals surface area contributed by atoms with Gasteiger partial charge in [-0.2, -0.15) is 0 Å². The van der Waals surface area contributed by atoms with Gasteiger partial charge in [0.15, 0.2) is 11.6 Å². The van der Waals surface area contributed by atoms with Crippen molar-refractivity contribution in [1.82, 2.24) is 15.0 Å². The molecular weight excluding hydrogens is 264 g/mol. The van der Waals surface area contributed by atoms with E-state index in [1.807, 2.05) is 36.4 Å². The van der Waals surface area contributed by atoms with E-state index in [4.69, 9.17) is 10.5 Å². The Kier molecular flexibility index (Phi) is 3.73. The maximum atomic E-state index is 5.86. The third kappa shape index (κ3) is 3.14. The number of anilines is 1. The van der Waals surface area contributed by atoms with Gasteiger partial charge in [-0.05, 0) is 11.6 Å². The number of aromatic nitrogens is 3. The van der Waals surface area contributed by atoms with E-state index in [-0.39, 0.29) is 0 Å². The van der Waals surface area contributed by atoms with Crippen molar-refractivity contribution in [1.29, 1.82) is 0 Å². The minimum atomic E-state index is 0.367. The summed E-state index contributed by atoms with van der Waals surface area (Å²) in [5.74, 6) is 0.923. The van der Waals surface area contributed by atoms with Crippen LogP contribution in [-0.2, 0) is 6.61 Å². The fourth-order valence-electron chi connectivity index (χ4n) is 1.91. The normalized spacial score (nSPS) is 10.3. The molecule has 2 N–H and O–H groups in total. The molecule has 0 aliphatic rings. The molecule has 0 saturated carbocycles. The van der Waals surface area contributed by atoms with Crippen LogP contribution in [0, 0.1) is 0 Å². The monoisotopic (exact) mass is 278 g/mol. The van der Waals surface area contributed by atoms with Crippen LogP contribution in [0.1, 0.15) is 5.56 Å². The molecule has 0 spiro atoms. The Morgan fingerprint density at radius 1 is 0.952 bits per heavy atom. The van der Waals surface area contributed by atoms with Crippen molar-refractivity contribution in [2.24, 2.45) is 0 Å². The van der Waals surface area contributed by atoms with Gasteiger partial charge in [-0.25, -0.2) is 15.0 Å². The second-order valence-electron chi connectivity index (χ2n) is 4.51. The predicted octanol–water partition coefficient (Wildman–Crippen LogP) is 2.70. The summed E-state index contributed by atoms with van der Waals surface area (Å²) in [4.78, 5) is 12.2. The highest BCUT2D eigenvalue weighted by molar-refractivity contribution is 5.65. The Bertz CT molecular complexity index is 717. The lowest BCUT2D eigenvalue weighted by Crippen LogP contribution is -2.01. The number of nitrogens with zero attached hydrogens (tertiary/aromatic N) is 3. The molecule has 0 radical (unpaired) electrons. The molecule has 0 aliphatic heterocycles. The van der Waals surface area contributed by atoms with E-state index in [0.717, 1.165) is 16.7 Å². The zero-order valence-corrected chi connectivity index (χ0v) is 11.3. The molecule has 0 bridgehead atoms. The molecule has 0 saturated heterocycles. The average Bonchev–Trinajstić information content (AvgIpc) is 2.56. The number of benzene rings is 1. The van der Waals surface area contributed by atoms with Crippen LogP contribution in [-0.4, -0.2) is 15.0 Å². The van der Waals surface area contributed by atoms with Crippen molar-refractivity contribution < 1.29 is 4.74 Å². The number of hydrogen-bond donors (Lipinski definition) is 1. The summed E-state index contributed by atoms with van der Waals surface area (Å²) in [6, 6.07) is 11.8. The van der Waals surface area contributed by atoms with Crippen molar-refractivity contribution in [2.45, 2.75) is 6.61 Å². The number of hydrogen-bond acceptors (Lipinski definition) is 5. The first-order chi connectivity index (χ1) is 10.3. The van der Waals surface area contributed by atoms with Crippen LogP contribution < -0.4 is 10.5 Å². The molecule has 0 fully saturated rings. The molecule has 2 aromatic heterocycles. The van der Waals surface area contributed by atoms with E-state index in [2.05, 4.69) is 15.0 Å². The van der Waals surface area contributed by atoms with Gasteiger partial charge in [0.05, 0.1) is 0 Å². The molecule has 104 valence electrons. The molecule has 21 heavy (non-hydrogen) atoms. The van der Waals surface area contributed by atoms with Crippen LogP contribution in [0.5, 0.6) is 5.75 Å². The summed E-state index contributed by atoms with van der Waals surface area (Å²) in [6.45, 7) is 0.446. The smallest absolute Gasteiger partial charge is 0.166 e. The molecule has 2 heterocycles. The number of nitrogens with two attached hydrogens (primary N) is 1. The fourth-order valence-corrected chi connectivity index (χ4v) is 1.91. The van der Waals surface area contributed by atoms with E-state index in [1.165, 1.54) is 6.33 Å². The fraction of sp³-hybridized carbons (Fsp3) is 0.0625. The Hall–Kier alpha value is -2.95. The molecule has 1 aromatic carbocycles. The quantitative estimate of drug-likeness (QED) is 0.794. The van der Waals surface area contributed by atoms with Crippen LogP contribution in [0.2, 0.25) is 0 Å². The van der Waals surface area contributed by atoms with Crippen LogP contribution in [0.25, 0.3) is 11.1 Å². The molecule has 0 amide bonds. The van der Waals surface area contributed by atoms with E-state index >= 15 is 0 Å². The first-order valence-corrected chi connectivity index (χ1v) is 6.50. The Labute approximate surface area is 122 Å². The van der Waals surface area contributed by atoms with E-state index < -0.39 is 0 Å². The van der Waals surface area contributed by atoms with Crippen LogP contribution in [0.15, 0.2) is 61.3 Å². The van der Waals surface area contributed by atoms with Crippen molar-refractivity contribution >= 4 is 5.82 Å². The van der Waals surface area contributed by atoms with Crippen molar-refractivity contribution in [2.75, 3.05) is 5.73 Å². The zero-order valence-electron chi connectivity index (χ0n) is 11.3. The van der Waals surface area contributed by atoms with Crippen LogP contribution >= 0.6 is 0 Å². The van der Waals surface area contributed by atoms with Gasteiger partial charge < -0.3 is 10.5 Å². The highest BCUT2D eigenvalue weighted by atomic mass is 16.5. The highest BCUT2D eigenvalue weighted by Gasteiger charge is 2.06. The molecule has 0 aliphatic carbocycles. The number of pyridine rings is 1. The molecule has 0 atom stereocenters. The van der Waals surface area contributed by atoms with Crippen molar-refractivity contribution in [3.8, 4) is 16.9 Å². The topological polar surface area (TPSA) is 73.9 Å². The van der Waals surface area contributed by atoms with Gasteiger partial charge in [0.1, 0.15) is 12.9 Å². The molecule has 5 nitrogen and oxygen atoms in total. The second-order valence-corrected chi connectivity index (χ2v) is 4.51. The number of rotatable bonds is 4. The summed E-state index contributed by atoms with van der Waals surface area (Å²) in [5, 5.41) is 0. The summed E-state index contributed by atoms with van der Waals surface area (Å²) in [5.41, 5.74) is 8.68. The number of nitrogen functional groups attached to an aromatic ring is 1. The molecule has 3 rings (SSSR count). The lowest BCUT2D eigenvalue weighted by Gasteiger charge is -2.10.